The third-order valence-electron chi connectivity index (χ3n) is 0.191. The van der Waals surface area contributed by atoms with Gasteiger partial charge in [-0.3, -0.25) is 4.55 Å². The Labute approximate surface area is 106 Å². The standard InChI is InChI=1S/Mg.Na.H3O7PS.3H/c;;1-8(2,3)7-9(4,5)6;;;/h;;(H2,1,2,3)(H,4,5,6);;;/q+2;+1;;3*-1. The van der Waals surface area contributed by atoms with Crippen LogP contribution in [0.5, 0.6) is 0 Å². The first-order valence-corrected chi connectivity index (χ1v) is 4.34. The Balaban J connectivity index is -0.0000000320. The molecule has 0 amide bonds. The molecule has 62 valence electrons. The van der Waals surface area contributed by atoms with Gasteiger partial charge in [-0.05, 0) is 0 Å². The molecule has 0 aromatic rings. The summed E-state index contributed by atoms with van der Waals surface area (Å²) in [5.74, 6) is 0. The van der Waals surface area contributed by atoms with E-state index in [1.807, 2.05) is 0 Å². The maximum Gasteiger partial charge on any atom is 2.00 e. The molecule has 0 aliphatic rings. The van der Waals surface area contributed by atoms with Gasteiger partial charge < -0.3 is 14.1 Å². The van der Waals surface area contributed by atoms with E-state index in [-0.39, 0.29) is 56.9 Å². The summed E-state index contributed by atoms with van der Waals surface area (Å²) in [5.41, 5.74) is 0. The van der Waals surface area contributed by atoms with Gasteiger partial charge in [0.25, 0.3) is 0 Å². The minimum Gasteiger partial charge on any atom is -1.00 e. The topological polar surface area (TPSA) is 121 Å². The predicted octanol–water partition coefficient (Wildman–Crippen LogP) is -4.14. The van der Waals surface area contributed by atoms with Crippen molar-refractivity contribution in [1.29, 1.82) is 0 Å². The van der Waals surface area contributed by atoms with Crippen molar-refractivity contribution < 1.29 is 65.1 Å². The molecule has 0 saturated heterocycles. The molecular formula is H6MgNaO7PS. The van der Waals surface area contributed by atoms with Crippen LogP contribution in [0.1, 0.15) is 4.28 Å². The van der Waals surface area contributed by atoms with Gasteiger partial charge in [-0.25, -0.2) is 4.57 Å². The van der Waals surface area contributed by atoms with Gasteiger partial charge in [-0.1, -0.05) is 0 Å². The van der Waals surface area contributed by atoms with E-state index in [0.29, 0.717) is 0 Å². The minimum absolute atomic E-state index is 0. The fourth-order valence-corrected chi connectivity index (χ4v) is 1.10. The van der Waals surface area contributed by atoms with Crippen molar-refractivity contribution in [2.45, 2.75) is 0 Å². The molecule has 11 heteroatoms. The van der Waals surface area contributed by atoms with E-state index in [2.05, 4.69) is 3.97 Å². The Hall–Kier alpha value is 1.79. The molecule has 0 unspecified atom stereocenters. The second kappa shape index (κ2) is 6.27. The molecule has 0 aliphatic carbocycles. The Morgan fingerprint density at radius 3 is 1.64 bits per heavy atom. The van der Waals surface area contributed by atoms with Crippen LogP contribution in [0, 0.1) is 0 Å². The molecule has 0 saturated carbocycles. The first-order chi connectivity index (χ1) is 3.71. The van der Waals surface area contributed by atoms with Crippen molar-refractivity contribution in [3.05, 3.63) is 0 Å². The van der Waals surface area contributed by atoms with Gasteiger partial charge in [0.05, 0.1) is 0 Å². The molecule has 0 bridgehead atoms. The average molecular weight is 228 g/mol. The van der Waals surface area contributed by atoms with Crippen LogP contribution < -0.4 is 29.6 Å². The van der Waals surface area contributed by atoms with E-state index in [4.69, 9.17) is 14.3 Å². The minimum atomic E-state index is -5.13. The summed E-state index contributed by atoms with van der Waals surface area (Å²) < 4.78 is 39.0. The average Bonchev–Trinajstić information content (AvgIpc) is 1.14. The normalized spacial score (nSPS) is 11.2. The second-order valence-corrected chi connectivity index (χ2v) is 3.43. The molecule has 0 spiro atoms. The number of hydrogen-bond acceptors (Lipinski definition) is 4. The van der Waals surface area contributed by atoms with Crippen LogP contribution in [-0.2, 0) is 18.9 Å². The number of phosphoric acid groups is 1. The van der Waals surface area contributed by atoms with Gasteiger partial charge >= 0.3 is 70.8 Å². The van der Waals surface area contributed by atoms with E-state index in [1.54, 1.807) is 0 Å². The molecule has 0 rings (SSSR count). The van der Waals surface area contributed by atoms with Crippen LogP contribution in [0.3, 0.4) is 0 Å². The Bertz CT molecular complexity index is 235. The summed E-state index contributed by atoms with van der Waals surface area (Å²) in [4.78, 5) is 15.4. The second-order valence-electron chi connectivity index (χ2n) is 0.993. The van der Waals surface area contributed by atoms with E-state index in [9.17, 15) is 13.0 Å². The molecule has 0 heterocycles. The zero-order chi connectivity index (χ0) is 7.71. The summed E-state index contributed by atoms with van der Waals surface area (Å²) in [6.45, 7) is 0. The maximum atomic E-state index is 9.58. The number of rotatable bonds is 2. The fourth-order valence-electron chi connectivity index (χ4n) is 0.123. The number of hydrogen-bond donors (Lipinski definition) is 3. The summed E-state index contributed by atoms with van der Waals surface area (Å²) in [6.07, 6.45) is 0. The van der Waals surface area contributed by atoms with E-state index >= 15 is 0 Å². The molecule has 7 nitrogen and oxygen atoms in total. The maximum absolute atomic E-state index is 9.58. The molecule has 0 atom stereocenters. The molecule has 0 aromatic carbocycles. The van der Waals surface area contributed by atoms with Gasteiger partial charge in [0, 0.05) is 0 Å². The molecule has 11 heavy (non-hydrogen) atoms. The third-order valence-corrected chi connectivity index (χ3v) is 1.72. The molecule has 0 aliphatic heterocycles. The molecule has 0 radical (unpaired) electrons. The third kappa shape index (κ3) is 18.6. The van der Waals surface area contributed by atoms with Crippen LogP contribution in [0.2, 0.25) is 0 Å². The van der Waals surface area contributed by atoms with Gasteiger partial charge in [-0.2, -0.15) is 8.42 Å². The fraction of sp³-hybridized carbons (Fsp3) is 0. The molecule has 3 N–H and O–H groups in total. The Morgan fingerprint density at radius 2 is 1.64 bits per heavy atom. The summed E-state index contributed by atoms with van der Waals surface area (Å²) in [5, 5.41) is 0. The van der Waals surface area contributed by atoms with Gasteiger partial charge in [0.1, 0.15) is 0 Å². The SMILES string of the molecule is O=P(O)(O)OS(=O)(=O)O.[H-].[H-].[H-].[Mg+2].[Na+]. The largest absolute Gasteiger partial charge is 2.00 e. The van der Waals surface area contributed by atoms with E-state index in [0.717, 1.165) is 0 Å². The first-order valence-electron chi connectivity index (χ1n) is 1.45. The predicted molar refractivity (Wildman–Crippen MR) is 33.8 cm³/mol. The summed E-state index contributed by atoms with van der Waals surface area (Å²) >= 11 is 0. The van der Waals surface area contributed by atoms with Crippen LogP contribution >= 0.6 is 7.82 Å². The van der Waals surface area contributed by atoms with Crippen molar-refractivity contribution in [2.75, 3.05) is 0 Å². The van der Waals surface area contributed by atoms with Crippen molar-refractivity contribution in [2.24, 2.45) is 0 Å². The van der Waals surface area contributed by atoms with Crippen LogP contribution in [0.25, 0.3) is 0 Å². The van der Waals surface area contributed by atoms with Crippen molar-refractivity contribution in [3.63, 3.8) is 0 Å². The van der Waals surface area contributed by atoms with E-state index < -0.39 is 18.2 Å². The molecule has 0 fully saturated rings. The zero-order valence-electron chi connectivity index (χ0n) is 8.54. The van der Waals surface area contributed by atoms with Gasteiger partial charge in [0.15, 0.2) is 0 Å². The van der Waals surface area contributed by atoms with E-state index in [1.165, 1.54) is 0 Å². The van der Waals surface area contributed by atoms with Gasteiger partial charge in [0.2, 0.25) is 0 Å². The van der Waals surface area contributed by atoms with Crippen molar-refractivity contribution >= 4 is 41.3 Å². The van der Waals surface area contributed by atoms with Gasteiger partial charge in [-0.15, -0.1) is 3.97 Å². The monoisotopic (exact) mass is 228 g/mol. The van der Waals surface area contributed by atoms with Crippen molar-refractivity contribution in [1.82, 2.24) is 0 Å². The molecule has 0 aromatic heterocycles. The van der Waals surface area contributed by atoms with Crippen LogP contribution in [0.4, 0.5) is 0 Å². The summed E-state index contributed by atoms with van der Waals surface area (Å²) in [6, 6.07) is 0. The molecular weight excluding hydrogens is 222 g/mol. The zero-order valence-corrected chi connectivity index (χ0v) is 10.7. The first kappa shape index (κ1) is 18.5. The quantitative estimate of drug-likeness (QED) is 0.249. The van der Waals surface area contributed by atoms with Crippen LogP contribution in [0.15, 0.2) is 0 Å². The Kier molecular flexibility index (Phi) is 10.6. The van der Waals surface area contributed by atoms with Crippen LogP contribution in [-0.4, -0.2) is 45.8 Å². The summed E-state index contributed by atoms with van der Waals surface area (Å²) in [7, 11) is -10.2. The van der Waals surface area contributed by atoms with Crippen molar-refractivity contribution in [3.8, 4) is 0 Å². The Morgan fingerprint density at radius 1 is 1.36 bits per heavy atom. The smallest absolute Gasteiger partial charge is 1.00 e.